The second-order valence-corrected chi connectivity index (χ2v) is 4.81. The molecule has 0 aliphatic rings. The zero-order chi connectivity index (χ0) is 15.7. The van der Waals surface area contributed by atoms with Gasteiger partial charge in [-0.25, -0.2) is 5.43 Å². The summed E-state index contributed by atoms with van der Waals surface area (Å²) in [7, 11) is 0. The van der Waals surface area contributed by atoms with Crippen LogP contribution in [0.2, 0.25) is 0 Å². The summed E-state index contributed by atoms with van der Waals surface area (Å²) in [5.41, 5.74) is 2.95. The Hall–Kier alpha value is -2.37. The number of hydrogen-bond donors (Lipinski definition) is 2. The van der Waals surface area contributed by atoms with Gasteiger partial charge in [0.2, 0.25) is 0 Å². The van der Waals surface area contributed by atoms with Crippen LogP contribution in [0.15, 0.2) is 29.4 Å². The molecule has 21 heavy (non-hydrogen) atoms. The predicted molar refractivity (Wildman–Crippen MR) is 81.2 cm³/mol. The van der Waals surface area contributed by atoms with Gasteiger partial charge in [0.15, 0.2) is 0 Å². The average molecular weight is 291 g/mol. The van der Waals surface area contributed by atoms with E-state index in [2.05, 4.69) is 15.8 Å². The molecule has 1 rings (SSSR count). The SMILES string of the molecule is CCOc1cccc(/C=N\NC(=O)C(=O)NCC(C)C)c1. The molecule has 0 bridgehead atoms. The van der Waals surface area contributed by atoms with Crippen LogP contribution in [0.25, 0.3) is 0 Å². The predicted octanol–water partition coefficient (Wildman–Crippen LogP) is 1.31. The maximum absolute atomic E-state index is 11.5. The van der Waals surface area contributed by atoms with Gasteiger partial charge in [-0.3, -0.25) is 9.59 Å². The first-order valence-electron chi connectivity index (χ1n) is 6.87. The topological polar surface area (TPSA) is 79.8 Å². The van der Waals surface area contributed by atoms with Crippen LogP contribution >= 0.6 is 0 Å². The zero-order valence-electron chi connectivity index (χ0n) is 12.6. The van der Waals surface area contributed by atoms with Crippen LogP contribution in [0.1, 0.15) is 26.3 Å². The number of carbonyl (C=O) groups excluding carboxylic acids is 2. The molecule has 0 saturated heterocycles. The molecule has 6 nitrogen and oxygen atoms in total. The molecule has 0 atom stereocenters. The normalized spacial score (nSPS) is 10.7. The van der Waals surface area contributed by atoms with Crippen molar-refractivity contribution in [3.8, 4) is 5.75 Å². The molecule has 0 aromatic heterocycles. The van der Waals surface area contributed by atoms with E-state index >= 15 is 0 Å². The second-order valence-electron chi connectivity index (χ2n) is 4.81. The number of benzene rings is 1. The van der Waals surface area contributed by atoms with Crippen LogP contribution in [-0.4, -0.2) is 31.2 Å². The molecule has 0 heterocycles. The lowest BCUT2D eigenvalue weighted by molar-refractivity contribution is -0.139. The molecule has 0 fully saturated rings. The fraction of sp³-hybridized carbons (Fsp3) is 0.400. The van der Waals surface area contributed by atoms with Crippen LogP contribution in [0.5, 0.6) is 5.75 Å². The number of nitrogens with zero attached hydrogens (tertiary/aromatic N) is 1. The highest BCUT2D eigenvalue weighted by atomic mass is 16.5. The number of hydrazone groups is 1. The van der Waals surface area contributed by atoms with Gasteiger partial charge in [0, 0.05) is 6.54 Å². The molecule has 114 valence electrons. The average Bonchev–Trinajstić information content (AvgIpc) is 2.45. The Morgan fingerprint density at radius 3 is 2.76 bits per heavy atom. The van der Waals surface area contributed by atoms with E-state index in [1.165, 1.54) is 6.21 Å². The number of nitrogens with one attached hydrogen (secondary N) is 2. The highest BCUT2D eigenvalue weighted by Crippen LogP contribution is 2.11. The molecule has 2 amide bonds. The van der Waals surface area contributed by atoms with E-state index in [-0.39, 0.29) is 5.92 Å². The maximum atomic E-state index is 11.5. The Bertz CT molecular complexity index is 513. The number of rotatable bonds is 6. The third-order valence-corrected chi connectivity index (χ3v) is 2.43. The lowest BCUT2D eigenvalue weighted by Crippen LogP contribution is -2.39. The van der Waals surface area contributed by atoms with Crippen molar-refractivity contribution < 1.29 is 14.3 Å². The van der Waals surface area contributed by atoms with E-state index in [1.54, 1.807) is 6.07 Å². The van der Waals surface area contributed by atoms with Crippen molar-refractivity contribution in [1.29, 1.82) is 0 Å². The Morgan fingerprint density at radius 1 is 1.33 bits per heavy atom. The molecule has 6 heteroatoms. The molecule has 0 aliphatic carbocycles. The maximum Gasteiger partial charge on any atom is 0.329 e. The van der Waals surface area contributed by atoms with Crippen molar-refractivity contribution >= 4 is 18.0 Å². The number of hydrogen-bond acceptors (Lipinski definition) is 4. The van der Waals surface area contributed by atoms with E-state index < -0.39 is 11.8 Å². The summed E-state index contributed by atoms with van der Waals surface area (Å²) in [5.74, 6) is -0.467. The monoisotopic (exact) mass is 291 g/mol. The van der Waals surface area contributed by atoms with Gasteiger partial charge < -0.3 is 10.1 Å². The lowest BCUT2D eigenvalue weighted by Gasteiger charge is -2.06. The van der Waals surface area contributed by atoms with Crippen LogP contribution in [0.3, 0.4) is 0 Å². The Kier molecular flexibility index (Phi) is 6.94. The smallest absolute Gasteiger partial charge is 0.329 e. The Morgan fingerprint density at radius 2 is 2.10 bits per heavy atom. The van der Waals surface area contributed by atoms with E-state index in [0.717, 1.165) is 11.3 Å². The van der Waals surface area contributed by atoms with Gasteiger partial charge in [-0.15, -0.1) is 0 Å². The van der Waals surface area contributed by atoms with Crippen molar-refractivity contribution in [1.82, 2.24) is 10.7 Å². The van der Waals surface area contributed by atoms with E-state index in [0.29, 0.717) is 13.2 Å². The first-order chi connectivity index (χ1) is 10.0. The van der Waals surface area contributed by atoms with Crippen LogP contribution in [0.4, 0.5) is 0 Å². The van der Waals surface area contributed by atoms with Crippen molar-refractivity contribution in [2.75, 3.05) is 13.2 Å². The lowest BCUT2D eigenvalue weighted by atomic mass is 10.2. The minimum atomic E-state index is -0.784. The fourth-order valence-corrected chi connectivity index (χ4v) is 1.44. The van der Waals surface area contributed by atoms with Crippen molar-refractivity contribution in [2.24, 2.45) is 11.0 Å². The fourth-order valence-electron chi connectivity index (χ4n) is 1.44. The molecule has 0 spiro atoms. The molecule has 0 aliphatic heterocycles. The van der Waals surface area contributed by atoms with Crippen LogP contribution < -0.4 is 15.5 Å². The molecular formula is C15H21N3O3. The van der Waals surface area contributed by atoms with Crippen molar-refractivity contribution in [3.05, 3.63) is 29.8 Å². The van der Waals surface area contributed by atoms with Gasteiger partial charge in [0.1, 0.15) is 5.75 Å². The highest BCUT2D eigenvalue weighted by molar-refractivity contribution is 6.35. The van der Waals surface area contributed by atoms with E-state index in [1.807, 2.05) is 39.0 Å². The van der Waals surface area contributed by atoms with Gasteiger partial charge in [0.25, 0.3) is 0 Å². The number of amides is 2. The molecule has 0 saturated carbocycles. The number of carbonyl (C=O) groups is 2. The highest BCUT2D eigenvalue weighted by Gasteiger charge is 2.11. The summed E-state index contributed by atoms with van der Waals surface area (Å²) in [4.78, 5) is 22.9. The summed E-state index contributed by atoms with van der Waals surface area (Å²) < 4.78 is 5.35. The van der Waals surface area contributed by atoms with Crippen molar-refractivity contribution in [2.45, 2.75) is 20.8 Å². The second kappa shape index (κ2) is 8.73. The minimum Gasteiger partial charge on any atom is -0.494 e. The zero-order valence-corrected chi connectivity index (χ0v) is 12.6. The first-order valence-corrected chi connectivity index (χ1v) is 6.87. The van der Waals surface area contributed by atoms with Crippen LogP contribution in [0, 0.1) is 5.92 Å². The number of ether oxygens (including phenoxy) is 1. The van der Waals surface area contributed by atoms with Crippen LogP contribution in [-0.2, 0) is 9.59 Å². The standard InChI is InChI=1S/C15H21N3O3/c1-4-21-13-7-5-6-12(8-13)10-17-18-15(20)14(19)16-9-11(2)3/h5-8,10-11H,4,9H2,1-3H3,(H,16,19)(H,18,20)/b17-10-. The minimum absolute atomic E-state index is 0.284. The van der Waals surface area contributed by atoms with Crippen molar-refractivity contribution in [3.63, 3.8) is 0 Å². The van der Waals surface area contributed by atoms with Gasteiger partial charge >= 0.3 is 11.8 Å². The summed E-state index contributed by atoms with van der Waals surface area (Å²) in [6, 6.07) is 7.26. The summed E-state index contributed by atoms with van der Waals surface area (Å²) in [6.45, 7) is 6.82. The third kappa shape index (κ3) is 6.56. The molecular weight excluding hydrogens is 270 g/mol. The first kappa shape index (κ1) is 16.7. The third-order valence-electron chi connectivity index (χ3n) is 2.43. The van der Waals surface area contributed by atoms with Gasteiger partial charge in [-0.2, -0.15) is 5.10 Å². The van der Waals surface area contributed by atoms with Gasteiger partial charge in [-0.1, -0.05) is 26.0 Å². The molecule has 0 radical (unpaired) electrons. The summed E-state index contributed by atoms with van der Waals surface area (Å²) >= 11 is 0. The van der Waals surface area contributed by atoms with E-state index in [4.69, 9.17) is 4.74 Å². The van der Waals surface area contributed by atoms with Gasteiger partial charge in [0.05, 0.1) is 12.8 Å². The Balaban J connectivity index is 2.48. The quantitative estimate of drug-likeness (QED) is 0.471. The molecule has 0 unspecified atom stereocenters. The summed E-state index contributed by atoms with van der Waals surface area (Å²) in [6.07, 6.45) is 1.45. The van der Waals surface area contributed by atoms with Gasteiger partial charge in [-0.05, 0) is 30.5 Å². The largest absolute Gasteiger partial charge is 0.494 e. The molecule has 1 aromatic rings. The van der Waals surface area contributed by atoms with E-state index in [9.17, 15) is 9.59 Å². The Labute approximate surface area is 124 Å². The molecule has 1 aromatic carbocycles. The molecule has 2 N–H and O–H groups in total. The summed E-state index contributed by atoms with van der Waals surface area (Å²) in [5, 5.41) is 6.26.